The summed E-state index contributed by atoms with van der Waals surface area (Å²) in [6, 6.07) is -1.14. The third-order valence-electron chi connectivity index (χ3n) is 12.0. The number of carbonyl (C=O) groups is 1. The molecule has 1 amide bonds. The van der Waals surface area contributed by atoms with E-state index in [-0.39, 0.29) is 6.42 Å². The molecule has 1 rings (SSSR count). The molecule has 1 aliphatic heterocycles. The summed E-state index contributed by atoms with van der Waals surface area (Å²) in [5.74, 6) is -0.716. The van der Waals surface area contributed by atoms with Gasteiger partial charge in [-0.15, -0.1) is 0 Å². The summed E-state index contributed by atoms with van der Waals surface area (Å²) >= 11 is 0. The normalized spacial score (nSPS) is 21.0. The summed E-state index contributed by atoms with van der Waals surface area (Å²) in [4.78, 5) is 13.1. The number of carbonyl (C=O) groups excluding carboxylic acids is 1. The van der Waals surface area contributed by atoms with E-state index in [4.69, 9.17) is 9.47 Å². The monoisotopic (exact) mass is 932 g/mol. The van der Waals surface area contributed by atoms with Gasteiger partial charge in [-0.1, -0.05) is 192 Å². The average Bonchev–Trinajstić information content (AvgIpc) is 3.27. The first-order valence-electron chi connectivity index (χ1n) is 25.5. The van der Waals surface area contributed by atoms with Crippen molar-refractivity contribution in [3.63, 3.8) is 0 Å². The van der Waals surface area contributed by atoms with Crippen LogP contribution in [-0.4, -0.2) is 107 Å². The molecule has 1 fully saturated rings. The summed E-state index contributed by atoms with van der Waals surface area (Å²) in [5, 5.41) is 55.3. The lowest BCUT2D eigenvalue weighted by Crippen LogP contribution is -2.61. The number of rotatable bonds is 43. The summed E-state index contributed by atoms with van der Waals surface area (Å²) in [7, 11) is -5.12. The van der Waals surface area contributed by atoms with E-state index in [1.165, 1.54) is 122 Å². The van der Waals surface area contributed by atoms with Gasteiger partial charge in [0.15, 0.2) is 6.29 Å². The van der Waals surface area contributed by atoms with Gasteiger partial charge in [-0.3, -0.25) is 9.35 Å². The molecule has 0 aromatic carbocycles. The van der Waals surface area contributed by atoms with Crippen LogP contribution in [0.15, 0.2) is 36.5 Å². The van der Waals surface area contributed by atoms with Crippen molar-refractivity contribution in [1.29, 1.82) is 0 Å². The fourth-order valence-electron chi connectivity index (χ4n) is 7.94. The number of hydrogen-bond donors (Lipinski definition) is 7. The van der Waals surface area contributed by atoms with E-state index in [1.54, 1.807) is 6.08 Å². The van der Waals surface area contributed by atoms with E-state index < -0.39 is 78.5 Å². The molecule has 0 radical (unpaired) electrons. The predicted octanol–water partition coefficient (Wildman–Crippen LogP) is 9.64. The minimum atomic E-state index is -5.12. The molecule has 7 N–H and O–H groups in total. The molecule has 1 aliphatic rings. The van der Waals surface area contributed by atoms with Crippen LogP contribution in [-0.2, 0) is 28.9 Å². The lowest BCUT2D eigenvalue weighted by atomic mass is 9.99. The SMILES string of the molecule is CCCCCCCC/C=C\CCCCCCCCC(O)C(=O)NC(COC1OC(CO)C(O)C(OS(=O)(=O)O)C1O)C(O)/C=C/CC/C=C/CCCCCCCCCCCCCCC. The molecule has 8 atom stereocenters. The maximum Gasteiger partial charge on any atom is 0.397 e. The predicted molar refractivity (Wildman–Crippen MR) is 256 cm³/mol. The molecule has 13 nitrogen and oxygen atoms in total. The summed E-state index contributed by atoms with van der Waals surface area (Å²) in [6.45, 7) is 3.21. The van der Waals surface area contributed by atoms with Crippen molar-refractivity contribution in [3.05, 3.63) is 36.5 Å². The van der Waals surface area contributed by atoms with Crippen molar-refractivity contribution >= 4 is 16.3 Å². The van der Waals surface area contributed by atoms with Gasteiger partial charge in [-0.25, -0.2) is 4.18 Å². The molecule has 376 valence electrons. The van der Waals surface area contributed by atoms with Crippen LogP contribution in [0, 0.1) is 0 Å². The second-order valence-corrected chi connectivity index (χ2v) is 18.9. The number of unbranched alkanes of at least 4 members (excludes halogenated alkanes) is 26. The smallest absolute Gasteiger partial charge is 0.394 e. The quantitative estimate of drug-likeness (QED) is 0.0173. The van der Waals surface area contributed by atoms with Gasteiger partial charge in [0.1, 0.15) is 30.5 Å². The molecule has 1 saturated heterocycles. The Morgan fingerprint density at radius 3 is 1.50 bits per heavy atom. The van der Waals surface area contributed by atoms with Crippen LogP contribution < -0.4 is 5.32 Å². The first-order chi connectivity index (χ1) is 30.9. The number of allylic oxidation sites excluding steroid dienone is 5. The Morgan fingerprint density at radius 2 is 1.05 bits per heavy atom. The fraction of sp³-hybridized carbons (Fsp3) is 0.860. The maximum atomic E-state index is 13.1. The van der Waals surface area contributed by atoms with Crippen LogP contribution in [0.2, 0.25) is 0 Å². The number of amides is 1. The molecule has 0 aliphatic carbocycles. The topological polar surface area (TPSA) is 212 Å². The van der Waals surface area contributed by atoms with Crippen LogP contribution in [0.5, 0.6) is 0 Å². The zero-order valence-electron chi connectivity index (χ0n) is 40.0. The molecule has 0 aromatic heterocycles. The first kappa shape index (κ1) is 60.3. The Morgan fingerprint density at radius 1 is 0.625 bits per heavy atom. The van der Waals surface area contributed by atoms with Gasteiger partial charge in [0.25, 0.3) is 0 Å². The largest absolute Gasteiger partial charge is 0.397 e. The minimum Gasteiger partial charge on any atom is -0.394 e. The van der Waals surface area contributed by atoms with Gasteiger partial charge in [0, 0.05) is 0 Å². The number of hydrogen-bond acceptors (Lipinski definition) is 11. The van der Waals surface area contributed by atoms with Crippen molar-refractivity contribution in [3.8, 4) is 0 Å². The molecule has 0 bridgehead atoms. The molecule has 8 unspecified atom stereocenters. The van der Waals surface area contributed by atoms with Crippen molar-refractivity contribution in [2.45, 2.75) is 262 Å². The molecule has 0 saturated carbocycles. The van der Waals surface area contributed by atoms with Crippen molar-refractivity contribution < 1.29 is 57.0 Å². The first-order valence-corrected chi connectivity index (χ1v) is 26.8. The van der Waals surface area contributed by atoms with E-state index in [2.05, 4.69) is 47.7 Å². The average molecular weight is 932 g/mol. The van der Waals surface area contributed by atoms with Crippen molar-refractivity contribution in [2.24, 2.45) is 0 Å². The second-order valence-electron chi connectivity index (χ2n) is 17.9. The van der Waals surface area contributed by atoms with E-state index in [0.717, 1.165) is 64.2 Å². The highest BCUT2D eigenvalue weighted by atomic mass is 32.3. The zero-order valence-corrected chi connectivity index (χ0v) is 40.8. The fourth-order valence-corrected chi connectivity index (χ4v) is 8.45. The van der Waals surface area contributed by atoms with Crippen LogP contribution in [0.3, 0.4) is 0 Å². The highest BCUT2D eigenvalue weighted by Crippen LogP contribution is 2.26. The molecule has 0 spiro atoms. The standard InChI is InChI=1S/C50H93NO12S/c1-3-5-7-9-11-13-15-17-19-21-22-23-25-26-28-30-32-34-36-38-43(53)42(41-61-50-47(56)48(63-64(58,59)60)46(55)45(40-52)62-50)51-49(57)44(54)39-37-35-33-31-29-27-24-20-18-16-14-12-10-8-6-4-2/h18,20,28,30,36,38,42-48,50,52-56H,3-17,19,21-27,29,31-35,37,39-41H2,1-2H3,(H,51,57)(H,58,59,60)/b20-18-,30-28+,38-36+. The Hall–Kier alpha value is -1.72. The number of nitrogens with one attached hydrogen (secondary N) is 1. The molecular formula is C50H93NO12S. The highest BCUT2D eigenvalue weighted by molar-refractivity contribution is 7.80. The van der Waals surface area contributed by atoms with Crippen LogP contribution >= 0.6 is 0 Å². The Labute approximate surface area is 388 Å². The molecule has 64 heavy (non-hydrogen) atoms. The lowest BCUT2D eigenvalue weighted by Gasteiger charge is -2.41. The summed E-state index contributed by atoms with van der Waals surface area (Å²) in [6.07, 6.45) is 36.5. The van der Waals surface area contributed by atoms with Crippen molar-refractivity contribution in [2.75, 3.05) is 13.2 Å². The number of aliphatic hydroxyl groups excluding tert-OH is 5. The van der Waals surface area contributed by atoms with Gasteiger partial charge in [0.2, 0.25) is 5.91 Å². The van der Waals surface area contributed by atoms with Gasteiger partial charge < -0.3 is 40.3 Å². The second kappa shape index (κ2) is 40.4. The summed E-state index contributed by atoms with van der Waals surface area (Å²) in [5.41, 5.74) is 0. The van der Waals surface area contributed by atoms with Gasteiger partial charge in [0.05, 0.1) is 25.4 Å². The number of ether oxygens (including phenoxy) is 2. The highest BCUT2D eigenvalue weighted by Gasteiger charge is 2.48. The zero-order chi connectivity index (χ0) is 47.1. The number of aliphatic hydroxyl groups is 5. The van der Waals surface area contributed by atoms with E-state index in [9.17, 15) is 43.3 Å². The Balaban J connectivity index is 2.56. The molecule has 0 aromatic rings. The van der Waals surface area contributed by atoms with E-state index in [0.29, 0.717) is 12.8 Å². The van der Waals surface area contributed by atoms with Crippen LogP contribution in [0.1, 0.15) is 213 Å². The maximum absolute atomic E-state index is 13.1. The molecular weight excluding hydrogens is 839 g/mol. The Bertz CT molecular complexity index is 1300. The van der Waals surface area contributed by atoms with Gasteiger partial charge in [-0.05, 0) is 57.8 Å². The third-order valence-corrected chi connectivity index (χ3v) is 12.5. The van der Waals surface area contributed by atoms with Gasteiger partial charge in [-0.2, -0.15) is 8.42 Å². The van der Waals surface area contributed by atoms with E-state index in [1.807, 2.05) is 0 Å². The molecule has 14 heteroatoms. The molecule has 1 heterocycles. The minimum absolute atomic E-state index is 0.230. The van der Waals surface area contributed by atoms with Crippen LogP contribution in [0.4, 0.5) is 0 Å². The lowest BCUT2D eigenvalue weighted by molar-refractivity contribution is -0.298. The van der Waals surface area contributed by atoms with Crippen molar-refractivity contribution in [1.82, 2.24) is 5.32 Å². The van der Waals surface area contributed by atoms with E-state index >= 15 is 0 Å². The van der Waals surface area contributed by atoms with Crippen LogP contribution in [0.25, 0.3) is 0 Å². The van der Waals surface area contributed by atoms with Gasteiger partial charge >= 0.3 is 10.4 Å². The Kier molecular flexibility index (Phi) is 38.0. The third kappa shape index (κ3) is 32.1. The summed E-state index contributed by atoms with van der Waals surface area (Å²) < 4.78 is 47.6.